The molecule has 2 heterocycles. The summed E-state index contributed by atoms with van der Waals surface area (Å²) in [4.78, 5) is 6.64. The van der Waals surface area contributed by atoms with Crippen LogP contribution in [0.25, 0.3) is 11.5 Å². The minimum atomic E-state index is -3.77. The normalized spacial score (nSPS) is 14.7. The number of rotatable bonds is 4. The number of oxazole rings is 1. The summed E-state index contributed by atoms with van der Waals surface area (Å²) in [5.41, 5.74) is 2.90. The Bertz CT molecular complexity index is 1050. The first kappa shape index (κ1) is 17.8. The maximum absolute atomic E-state index is 13.3. The highest BCUT2D eigenvalue weighted by Crippen LogP contribution is 2.36. The van der Waals surface area contributed by atoms with Crippen LogP contribution in [-0.4, -0.2) is 26.5 Å². The van der Waals surface area contributed by atoms with Crippen molar-refractivity contribution in [1.29, 1.82) is 0 Å². The van der Waals surface area contributed by atoms with E-state index in [4.69, 9.17) is 4.42 Å². The molecule has 5 nitrogen and oxygen atoms in total. The second-order valence-corrected chi connectivity index (χ2v) is 8.87. The average Bonchev–Trinajstić information content (AvgIpc) is 3.32. The Hall–Kier alpha value is -2.60. The number of benzene rings is 2. The van der Waals surface area contributed by atoms with Crippen LogP contribution in [0, 0.1) is 13.8 Å². The maximum atomic E-state index is 13.3. The lowest BCUT2D eigenvalue weighted by molar-refractivity contribution is 0.556. The summed E-state index contributed by atoms with van der Waals surface area (Å²) < 4.78 is 32.5. The quantitative estimate of drug-likeness (QED) is 0.669. The Labute approximate surface area is 159 Å². The summed E-state index contributed by atoms with van der Waals surface area (Å²) in [5.74, 6) is 0.686. The van der Waals surface area contributed by atoms with Gasteiger partial charge in [-0.3, -0.25) is 0 Å². The van der Waals surface area contributed by atoms with Crippen molar-refractivity contribution in [3.8, 4) is 11.5 Å². The molecule has 0 atom stereocenters. The van der Waals surface area contributed by atoms with Crippen LogP contribution >= 0.6 is 0 Å². The molecule has 1 saturated heterocycles. The molecule has 0 amide bonds. The van der Waals surface area contributed by atoms with Crippen molar-refractivity contribution in [2.24, 2.45) is 0 Å². The van der Waals surface area contributed by atoms with Gasteiger partial charge in [0.15, 0.2) is 0 Å². The molecule has 0 saturated carbocycles. The minimum Gasteiger partial charge on any atom is -0.419 e. The lowest BCUT2D eigenvalue weighted by atomic mass is 10.1. The topological polar surface area (TPSA) is 63.4 Å². The Kier molecular flexibility index (Phi) is 4.52. The molecule has 1 aromatic heterocycles. The third-order valence-electron chi connectivity index (χ3n) is 4.86. The predicted molar refractivity (Wildman–Crippen MR) is 105 cm³/mol. The van der Waals surface area contributed by atoms with Gasteiger partial charge < -0.3 is 9.32 Å². The van der Waals surface area contributed by atoms with Crippen LogP contribution in [0.15, 0.2) is 62.9 Å². The van der Waals surface area contributed by atoms with Gasteiger partial charge in [0.05, 0.1) is 4.90 Å². The summed E-state index contributed by atoms with van der Waals surface area (Å²) in [6, 6.07) is 14.6. The second-order valence-electron chi connectivity index (χ2n) is 7.01. The zero-order chi connectivity index (χ0) is 19.0. The van der Waals surface area contributed by atoms with E-state index in [-0.39, 0.29) is 9.92 Å². The fraction of sp³-hybridized carbons (Fsp3) is 0.286. The van der Waals surface area contributed by atoms with Crippen molar-refractivity contribution in [2.75, 3.05) is 18.0 Å². The first-order valence-corrected chi connectivity index (χ1v) is 10.6. The van der Waals surface area contributed by atoms with Crippen LogP contribution in [0.5, 0.6) is 0 Å². The second kappa shape index (κ2) is 6.85. The van der Waals surface area contributed by atoms with Gasteiger partial charge in [0.1, 0.15) is 0 Å². The molecular weight excluding hydrogens is 360 g/mol. The lowest BCUT2D eigenvalue weighted by Gasteiger charge is -2.14. The highest BCUT2D eigenvalue weighted by molar-refractivity contribution is 7.91. The van der Waals surface area contributed by atoms with Crippen LogP contribution in [0.4, 0.5) is 5.88 Å². The van der Waals surface area contributed by atoms with Gasteiger partial charge in [0.2, 0.25) is 26.6 Å². The summed E-state index contributed by atoms with van der Waals surface area (Å²) >= 11 is 0. The van der Waals surface area contributed by atoms with Crippen molar-refractivity contribution < 1.29 is 12.8 Å². The van der Waals surface area contributed by atoms with Crippen molar-refractivity contribution in [2.45, 2.75) is 36.6 Å². The van der Waals surface area contributed by atoms with E-state index in [1.807, 2.05) is 43.0 Å². The van der Waals surface area contributed by atoms with Crippen molar-refractivity contribution in [1.82, 2.24) is 4.98 Å². The molecule has 1 aliphatic heterocycles. The third kappa shape index (κ3) is 3.37. The minimum absolute atomic E-state index is 0.00354. The Morgan fingerprint density at radius 3 is 2.04 bits per heavy atom. The molecule has 0 N–H and O–H groups in total. The Morgan fingerprint density at radius 2 is 1.44 bits per heavy atom. The maximum Gasteiger partial charge on any atom is 0.236 e. The fourth-order valence-electron chi connectivity index (χ4n) is 3.24. The van der Waals surface area contributed by atoms with E-state index >= 15 is 0 Å². The molecule has 0 aliphatic carbocycles. The van der Waals surface area contributed by atoms with E-state index in [9.17, 15) is 8.42 Å². The molecule has 27 heavy (non-hydrogen) atoms. The summed E-state index contributed by atoms with van der Waals surface area (Å²) in [5, 5.41) is 0.00354. The molecule has 2 aromatic carbocycles. The summed E-state index contributed by atoms with van der Waals surface area (Å²) in [6.45, 7) is 5.48. The van der Waals surface area contributed by atoms with Gasteiger partial charge in [-0.15, -0.1) is 0 Å². The van der Waals surface area contributed by atoms with Gasteiger partial charge in [-0.05, 0) is 51.0 Å². The van der Waals surface area contributed by atoms with E-state index in [1.54, 1.807) is 24.3 Å². The van der Waals surface area contributed by atoms with Crippen molar-refractivity contribution in [3.05, 3.63) is 59.7 Å². The standard InChI is InChI=1S/C21H22N2O3S/c1-15-5-9-17(10-6-15)19-22-20(21(26-19)23-13-3-4-14-23)27(24,25)18-11-7-16(2)8-12-18/h5-12H,3-4,13-14H2,1-2H3. The van der Waals surface area contributed by atoms with E-state index in [2.05, 4.69) is 4.98 Å². The van der Waals surface area contributed by atoms with Gasteiger partial charge in [-0.1, -0.05) is 35.4 Å². The van der Waals surface area contributed by atoms with Gasteiger partial charge in [0.25, 0.3) is 0 Å². The van der Waals surface area contributed by atoms with Gasteiger partial charge >= 0.3 is 0 Å². The molecule has 0 spiro atoms. The molecular formula is C21H22N2O3S. The van der Waals surface area contributed by atoms with Gasteiger partial charge in [-0.2, -0.15) is 4.98 Å². The number of anilines is 1. The van der Waals surface area contributed by atoms with E-state index in [0.717, 1.165) is 42.6 Å². The monoisotopic (exact) mass is 382 g/mol. The first-order valence-electron chi connectivity index (χ1n) is 9.10. The molecule has 6 heteroatoms. The lowest BCUT2D eigenvalue weighted by Crippen LogP contribution is -2.19. The van der Waals surface area contributed by atoms with E-state index in [0.29, 0.717) is 11.8 Å². The number of sulfone groups is 1. The number of aryl methyl sites for hydroxylation is 2. The number of nitrogens with zero attached hydrogens (tertiary/aromatic N) is 2. The fourth-order valence-corrected chi connectivity index (χ4v) is 4.56. The van der Waals surface area contributed by atoms with Crippen molar-refractivity contribution >= 4 is 15.7 Å². The highest BCUT2D eigenvalue weighted by Gasteiger charge is 2.32. The van der Waals surface area contributed by atoms with Gasteiger partial charge in [-0.25, -0.2) is 8.42 Å². The summed E-state index contributed by atoms with van der Waals surface area (Å²) in [7, 11) is -3.77. The zero-order valence-corrected chi connectivity index (χ0v) is 16.3. The van der Waals surface area contributed by atoms with Crippen molar-refractivity contribution in [3.63, 3.8) is 0 Å². The first-order chi connectivity index (χ1) is 12.9. The van der Waals surface area contributed by atoms with E-state index < -0.39 is 9.84 Å². The van der Waals surface area contributed by atoms with Crippen LogP contribution in [0.1, 0.15) is 24.0 Å². The molecule has 1 fully saturated rings. The molecule has 0 radical (unpaired) electrons. The molecule has 140 valence electrons. The average molecular weight is 382 g/mol. The van der Waals surface area contributed by atoms with Crippen LogP contribution in [-0.2, 0) is 9.84 Å². The van der Waals surface area contributed by atoms with Crippen LogP contribution in [0.2, 0.25) is 0 Å². The predicted octanol–water partition coefficient (Wildman–Crippen LogP) is 4.39. The molecule has 3 aromatic rings. The largest absolute Gasteiger partial charge is 0.419 e. The molecule has 0 unspecified atom stereocenters. The van der Waals surface area contributed by atoms with Crippen LogP contribution < -0.4 is 4.90 Å². The van der Waals surface area contributed by atoms with Crippen LogP contribution in [0.3, 0.4) is 0 Å². The molecule has 4 rings (SSSR count). The summed E-state index contributed by atoms with van der Waals surface area (Å²) in [6.07, 6.45) is 2.04. The zero-order valence-electron chi connectivity index (χ0n) is 15.5. The molecule has 1 aliphatic rings. The van der Waals surface area contributed by atoms with Gasteiger partial charge in [0, 0.05) is 18.7 Å². The smallest absolute Gasteiger partial charge is 0.236 e. The van der Waals surface area contributed by atoms with E-state index in [1.165, 1.54) is 0 Å². The highest BCUT2D eigenvalue weighted by atomic mass is 32.2. The number of hydrogen-bond acceptors (Lipinski definition) is 5. The Morgan fingerprint density at radius 1 is 0.889 bits per heavy atom. The third-order valence-corrected chi connectivity index (χ3v) is 6.52. The number of aromatic nitrogens is 1. The number of hydrogen-bond donors (Lipinski definition) is 0. The molecule has 0 bridgehead atoms. The Balaban J connectivity index is 1.85. The SMILES string of the molecule is Cc1ccc(-c2nc(S(=O)(=O)c3ccc(C)cc3)c(N3CCCC3)o2)cc1.